The zero-order valence-corrected chi connectivity index (χ0v) is 9.38. The largest absolute Gasteiger partial charge is 0.478 e. The Kier molecular flexibility index (Phi) is 2.81. The van der Waals surface area contributed by atoms with Gasteiger partial charge in [0, 0.05) is 6.20 Å². The molecule has 90 valence electrons. The predicted molar refractivity (Wildman–Crippen MR) is 59.9 cm³/mol. The van der Waals surface area contributed by atoms with E-state index in [1.165, 1.54) is 29.9 Å². The first-order chi connectivity index (χ1) is 8.54. The summed E-state index contributed by atoms with van der Waals surface area (Å²) in [7, 11) is 0. The summed E-state index contributed by atoms with van der Waals surface area (Å²) >= 11 is 0. The van der Waals surface area contributed by atoms with Crippen molar-refractivity contribution in [3.8, 4) is 11.8 Å². The summed E-state index contributed by atoms with van der Waals surface area (Å²) in [6, 6.07) is 5.83. The van der Waals surface area contributed by atoms with Gasteiger partial charge in [-0.2, -0.15) is 10.4 Å². The summed E-state index contributed by atoms with van der Waals surface area (Å²) in [5.41, 5.74) is 0.365. The van der Waals surface area contributed by atoms with Gasteiger partial charge in [0.2, 0.25) is 0 Å². The summed E-state index contributed by atoms with van der Waals surface area (Å²) in [5, 5.41) is 21.8. The maximum atomic E-state index is 13.4. The number of nitriles is 1. The van der Waals surface area contributed by atoms with E-state index in [1.807, 2.05) is 0 Å². The van der Waals surface area contributed by atoms with Crippen molar-refractivity contribution in [1.82, 2.24) is 9.78 Å². The normalized spacial score (nSPS) is 10.1. The minimum Gasteiger partial charge on any atom is -0.478 e. The van der Waals surface area contributed by atoms with Crippen LogP contribution >= 0.6 is 0 Å². The lowest BCUT2D eigenvalue weighted by Crippen LogP contribution is -2.00. The predicted octanol–water partition coefficient (Wildman–Crippen LogP) is 1.89. The van der Waals surface area contributed by atoms with E-state index in [0.717, 1.165) is 6.07 Å². The van der Waals surface area contributed by atoms with Gasteiger partial charge in [0.25, 0.3) is 0 Å². The third kappa shape index (κ3) is 1.82. The van der Waals surface area contributed by atoms with Gasteiger partial charge in [0.05, 0.1) is 11.4 Å². The molecule has 0 atom stereocenters. The Bertz CT molecular complexity index is 670. The van der Waals surface area contributed by atoms with Crippen LogP contribution in [-0.4, -0.2) is 20.9 Å². The molecule has 1 heterocycles. The Morgan fingerprint density at radius 3 is 2.83 bits per heavy atom. The van der Waals surface area contributed by atoms with Gasteiger partial charge in [-0.05, 0) is 19.1 Å². The molecule has 6 heteroatoms. The zero-order chi connectivity index (χ0) is 13.3. The monoisotopic (exact) mass is 245 g/mol. The lowest BCUT2D eigenvalue weighted by molar-refractivity contribution is 0.0696. The fourth-order valence-corrected chi connectivity index (χ4v) is 1.61. The minimum absolute atomic E-state index is 0.0168. The molecule has 2 aromatic rings. The highest BCUT2D eigenvalue weighted by Crippen LogP contribution is 2.18. The Hall–Kier alpha value is -2.68. The number of hydrogen-bond donors (Lipinski definition) is 1. The van der Waals surface area contributed by atoms with Crippen LogP contribution in [0, 0.1) is 24.1 Å². The molecule has 1 N–H and O–H groups in total. The second-order valence-corrected chi connectivity index (χ2v) is 3.62. The van der Waals surface area contributed by atoms with E-state index in [0.29, 0.717) is 5.69 Å². The lowest BCUT2D eigenvalue weighted by atomic mass is 10.2. The smallest absolute Gasteiger partial charge is 0.339 e. The molecule has 0 unspecified atom stereocenters. The zero-order valence-electron chi connectivity index (χ0n) is 9.38. The van der Waals surface area contributed by atoms with Gasteiger partial charge in [-0.15, -0.1) is 0 Å². The van der Waals surface area contributed by atoms with Crippen molar-refractivity contribution in [2.45, 2.75) is 6.92 Å². The number of carboxylic acids is 1. The van der Waals surface area contributed by atoms with Gasteiger partial charge in [-0.1, -0.05) is 6.07 Å². The van der Waals surface area contributed by atoms with Crippen LogP contribution in [0.5, 0.6) is 0 Å². The number of aromatic carboxylic acids is 1. The quantitative estimate of drug-likeness (QED) is 0.876. The van der Waals surface area contributed by atoms with Crippen molar-refractivity contribution in [2.75, 3.05) is 0 Å². The number of carbonyl (C=O) groups is 1. The molecule has 0 fully saturated rings. The van der Waals surface area contributed by atoms with Crippen LogP contribution in [0.4, 0.5) is 4.39 Å². The molecule has 0 amide bonds. The number of nitrogens with zero attached hydrogens (tertiary/aromatic N) is 3. The van der Waals surface area contributed by atoms with Gasteiger partial charge in [0.15, 0.2) is 0 Å². The molecule has 1 aromatic carbocycles. The molecule has 2 rings (SSSR count). The first kappa shape index (κ1) is 11.8. The van der Waals surface area contributed by atoms with Gasteiger partial charge in [0.1, 0.15) is 23.0 Å². The molecule has 0 spiro atoms. The maximum Gasteiger partial charge on any atom is 0.339 e. The minimum atomic E-state index is -1.12. The van der Waals surface area contributed by atoms with Crippen LogP contribution in [0.2, 0.25) is 0 Å². The number of halogens is 1. The maximum absolute atomic E-state index is 13.4. The number of rotatable bonds is 2. The standard InChI is InChI=1S/C12H8FN3O2/c1-7-9(12(17)18)6-16(15-7)11-4-2-3-10(13)8(11)5-14/h2-4,6H,1H3,(H,17,18). The molecule has 0 aliphatic rings. The fourth-order valence-electron chi connectivity index (χ4n) is 1.61. The summed E-state index contributed by atoms with van der Waals surface area (Å²) < 4.78 is 14.6. The Morgan fingerprint density at radius 1 is 1.56 bits per heavy atom. The van der Waals surface area contributed by atoms with Gasteiger partial charge >= 0.3 is 5.97 Å². The van der Waals surface area contributed by atoms with Crippen molar-refractivity contribution >= 4 is 5.97 Å². The number of carboxylic acid groups (broad SMARTS) is 1. The molecular formula is C12H8FN3O2. The van der Waals surface area contributed by atoms with Crippen molar-refractivity contribution in [3.05, 3.63) is 47.0 Å². The van der Waals surface area contributed by atoms with E-state index in [1.54, 1.807) is 6.07 Å². The van der Waals surface area contributed by atoms with Crippen LogP contribution in [0.1, 0.15) is 21.6 Å². The first-order valence-corrected chi connectivity index (χ1v) is 5.03. The SMILES string of the molecule is Cc1nn(-c2cccc(F)c2C#N)cc1C(=O)O. The molecule has 0 aliphatic heterocycles. The average molecular weight is 245 g/mol. The molecule has 0 aliphatic carbocycles. The highest BCUT2D eigenvalue weighted by Gasteiger charge is 2.15. The van der Waals surface area contributed by atoms with E-state index in [2.05, 4.69) is 5.10 Å². The number of benzene rings is 1. The second kappa shape index (κ2) is 4.30. The topological polar surface area (TPSA) is 78.9 Å². The van der Waals surface area contributed by atoms with Crippen molar-refractivity contribution in [1.29, 1.82) is 5.26 Å². The van der Waals surface area contributed by atoms with Crippen molar-refractivity contribution < 1.29 is 14.3 Å². The lowest BCUT2D eigenvalue weighted by Gasteiger charge is -2.03. The summed E-state index contributed by atoms with van der Waals surface area (Å²) in [6.45, 7) is 1.53. The average Bonchev–Trinajstić information content (AvgIpc) is 2.71. The molecule has 18 heavy (non-hydrogen) atoms. The third-order valence-electron chi connectivity index (χ3n) is 2.48. The Labute approximate surface area is 102 Å². The first-order valence-electron chi connectivity index (χ1n) is 5.03. The summed E-state index contributed by atoms with van der Waals surface area (Å²) in [6.07, 6.45) is 1.26. The van der Waals surface area contributed by atoms with Crippen LogP contribution in [0.3, 0.4) is 0 Å². The molecule has 0 bridgehead atoms. The van der Waals surface area contributed by atoms with Crippen LogP contribution in [0.25, 0.3) is 5.69 Å². The molecule has 0 radical (unpaired) electrons. The Balaban J connectivity index is 2.64. The fraction of sp³-hybridized carbons (Fsp3) is 0.0833. The van der Waals surface area contributed by atoms with E-state index < -0.39 is 11.8 Å². The molecule has 1 aromatic heterocycles. The molecule has 5 nitrogen and oxygen atoms in total. The van der Waals surface area contributed by atoms with Gasteiger partial charge in [-0.25, -0.2) is 13.9 Å². The van der Waals surface area contributed by atoms with Gasteiger partial charge < -0.3 is 5.11 Å². The number of aromatic nitrogens is 2. The van der Waals surface area contributed by atoms with Crippen LogP contribution < -0.4 is 0 Å². The van der Waals surface area contributed by atoms with Crippen LogP contribution in [-0.2, 0) is 0 Å². The molecular weight excluding hydrogens is 237 g/mol. The molecule has 0 saturated heterocycles. The van der Waals surface area contributed by atoms with Crippen molar-refractivity contribution in [3.63, 3.8) is 0 Å². The number of aryl methyl sites for hydroxylation is 1. The van der Waals surface area contributed by atoms with E-state index in [-0.39, 0.29) is 16.8 Å². The highest BCUT2D eigenvalue weighted by molar-refractivity contribution is 5.88. The van der Waals surface area contributed by atoms with Crippen LogP contribution in [0.15, 0.2) is 24.4 Å². The third-order valence-corrected chi connectivity index (χ3v) is 2.48. The highest BCUT2D eigenvalue weighted by atomic mass is 19.1. The molecule has 0 saturated carbocycles. The van der Waals surface area contributed by atoms with E-state index >= 15 is 0 Å². The van der Waals surface area contributed by atoms with E-state index in [9.17, 15) is 9.18 Å². The Morgan fingerprint density at radius 2 is 2.28 bits per heavy atom. The van der Waals surface area contributed by atoms with Crippen molar-refractivity contribution in [2.24, 2.45) is 0 Å². The van der Waals surface area contributed by atoms with E-state index in [4.69, 9.17) is 10.4 Å². The summed E-state index contributed by atoms with van der Waals surface area (Å²) in [5.74, 6) is -1.78. The second-order valence-electron chi connectivity index (χ2n) is 3.62. The summed E-state index contributed by atoms with van der Waals surface area (Å²) in [4.78, 5) is 10.9. The number of hydrogen-bond acceptors (Lipinski definition) is 3. The van der Waals surface area contributed by atoms with Gasteiger partial charge in [-0.3, -0.25) is 0 Å².